The van der Waals surface area contributed by atoms with Gasteiger partial charge in [0.1, 0.15) is 18.9 Å². The molecule has 0 aromatic carbocycles. The summed E-state index contributed by atoms with van der Waals surface area (Å²) in [4.78, 5) is 17.6. The number of hydrogen-bond acceptors (Lipinski definition) is 3. The van der Waals surface area contributed by atoms with Gasteiger partial charge in [-0.1, -0.05) is 11.6 Å². The maximum Gasteiger partial charge on any atom is 0.406 e. The van der Waals surface area contributed by atoms with E-state index in [-0.39, 0.29) is 13.2 Å². The summed E-state index contributed by atoms with van der Waals surface area (Å²) >= 11 is 5.88. The molecule has 0 spiro atoms. The normalized spacial score (nSPS) is 16.6. The third kappa shape index (κ3) is 2.84. The zero-order valence-electron chi connectivity index (χ0n) is 9.12. The summed E-state index contributed by atoms with van der Waals surface area (Å²) < 4.78 is 36.7. The molecule has 0 unspecified atom stereocenters. The lowest BCUT2D eigenvalue weighted by atomic mass is 10.4. The molecule has 2 heterocycles. The minimum atomic E-state index is -4.40. The summed E-state index contributed by atoms with van der Waals surface area (Å²) in [7, 11) is 0. The predicted octanol–water partition coefficient (Wildman–Crippen LogP) is 1.90. The second-order valence-electron chi connectivity index (χ2n) is 3.86. The van der Waals surface area contributed by atoms with Crippen LogP contribution in [0.15, 0.2) is 18.3 Å². The number of carbonyl (C=O) groups is 1. The fraction of sp³-hybridized carbons (Fsp3) is 0.400. The van der Waals surface area contributed by atoms with Gasteiger partial charge in [0.05, 0.1) is 11.7 Å². The Kier molecular flexibility index (Phi) is 3.34. The Balaban J connectivity index is 2.12. The van der Waals surface area contributed by atoms with Gasteiger partial charge in [0.2, 0.25) is 5.91 Å². The monoisotopic (exact) mass is 279 g/mol. The molecule has 0 aliphatic carbocycles. The molecule has 1 aliphatic heterocycles. The van der Waals surface area contributed by atoms with E-state index >= 15 is 0 Å². The number of rotatable bonds is 2. The van der Waals surface area contributed by atoms with E-state index in [1.54, 1.807) is 12.1 Å². The molecule has 4 nitrogen and oxygen atoms in total. The van der Waals surface area contributed by atoms with E-state index < -0.39 is 18.6 Å². The van der Waals surface area contributed by atoms with Crippen molar-refractivity contribution in [1.82, 2.24) is 9.88 Å². The highest BCUT2D eigenvalue weighted by molar-refractivity contribution is 6.33. The SMILES string of the molecule is O=C1CN(c2ncccc2Cl)CN1CC(F)(F)F. The van der Waals surface area contributed by atoms with Crippen molar-refractivity contribution in [2.45, 2.75) is 6.18 Å². The molecule has 0 radical (unpaired) electrons. The van der Waals surface area contributed by atoms with E-state index in [0.29, 0.717) is 10.8 Å². The van der Waals surface area contributed by atoms with Crippen LogP contribution < -0.4 is 4.90 Å². The lowest BCUT2D eigenvalue weighted by molar-refractivity contribution is -0.156. The van der Waals surface area contributed by atoms with Crippen LogP contribution >= 0.6 is 11.6 Å². The molecule has 1 aliphatic rings. The Morgan fingerprint density at radius 1 is 1.44 bits per heavy atom. The van der Waals surface area contributed by atoms with Gasteiger partial charge in [0, 0.05) is 6.20 Å². The maximum atomic E-state index is 12.2. The first-order valence-electron chi connectivity index (χ1n) is 5.07. The van der Waals surface area contributed by atoms with E-state index in [1.165, 1.54) is 11.1 Å². The summed E-state index contributed by atoms with van der Waals surface area (Å²) in [5, 5.41) is 0.305. The molecule has 0 atom stereocenters. The first-order chi connectivity index (χ1) is 8.37. The van der Waals surface area contributed by atoms with Gasteiger partial charge < -0.3 is 9.80 Å². The van der Waals surface area contributed by atoms with E-state index in [1.807, 2.05) is 0 Å². The molecule has 1 aromatic heterocycles. The summed E-state index contributed by atoms with van der Waals surface area (Å²) in [6.07, 6.45) is -2.93. The van der Waals surface area contributed by atoms with Gasteiger partial charge in [-0.3, -0.25) is 4.79 Å². The third-order valence-electron chi connectivity index (χ3n) is 2.43. The Labute approximate surface area is 106 Å². The number of aromatic nitrogens is 1. The first-order valence-corrected chi connectivity index (χ1v) is 5.44. The zero-order chi connectivity index (χ0) is 13.3. The Bertz CT molecular complexity index is 466. The average molecular weight is 280 g/mol. The van der Waals surface area contributed by atoms with Crippen LogP contribution in [0.25, 0.3) is 0 Å². The number of hydrogen-bond donors (Lipinski definition) is 0. The highest BCUT2D eigenvalue weighted by Gasteiger charge is 2.38. The lowest BCUT2D eigenvalue weighted by Crippen LogP contribution is -2.36. The van der Waals surface area contributed by atoms with Crippen molar-refractivity contribution in [2.75, 3.05) is 24.7 Å². The second kappa shape index (κ2) is 4.64. The quantitative estimate of drug-likeness (QED) is 0.830. The number of halogens is 4. The van der Waals surface area contributed by atoms with E-state index in [4.69, 9.17) is 11.6 Å². The van der Waals surface area contributed by atoms with Crippen molar-refractivity contribution < 1.29 is 18.0 Å². The zero-order valence-corrected chi connectivity index (χ0v) is 9.87. The molecule has 0 saturated carbocycles. The summed E-state index contributed by atoms with van der Waals surface area (Å²) in [5.74, 6) is -0.272. The molecule has 0 bridgehead atoms. The van der Waals surface area contributed by atoms with Gasteiger partial charge in [0.25, 0.3) is 0 Å². The molecule has 1 saturated heterocycles. The van der Waals surface area contributed by atoms with Gasteiger partial charge in [-0.25, -0.2) is 4.98 Å². The van der Waals surface area contributed by atoms with Crippen molar-refractivity contribution in [3.63, 3.8) is 0 Å². The minimum Gasteiger partial charge on any atom is -0.328 e. The Morgan fingerprint density at radius 3 is 2.78 bits per heavy atom. The third-order valence-corrected chi connectivity index (χ3v) is 2.72. The van der Waals surface area contributed by atoms with Crippen LogP contribution in [0, 0.1) is 0 Å². The minimum absolute atomic E-state index is 0.146. The van der Waals surface area contributed by atoms with Gasteiger partial charge in [-0.2, -0.15) is 13.2 Å². The fourth-order valence-corrected chi connectivity index (χ4v) is 1.95. The number of alkyl halides is 3. The molecule has 1 aromatic rings. The van der Waals surface area contributed by atoms with Crippen LogP contribution in [0.2, 0.25) is 5.02 Å². The lowest BCUT2D eigenvalue weighted by Gasteiger charge is -2.20. The average Bonchev–Trinajstić information content (AvgIpc) is 2.58. The largest absolute Gasteiger partial charge is 0.406 e. The molecular formula is C10H9ClF3N3O. The van der Waals surface area contributed by atoms with Gasteiger partial charge >= 0.3 is 6.18 Å². The van der Waals surface area contributed by atoms with Crippen molar-refractivity contribution in [3.8, 4) is 0 Å². The highest BCUT2D eigenvalue weighted by Crippen LogP contribution is 2.26. The summed E-state index contributed by atoms with van der Waals surface area (Å²) in [6, 6.07) is 3.18. The molecule has 1 amide bonds. The molecule has 0 N–H and O–H groups in total. The van der Waals surface area contributed by atoms with E-state index in [0.717, 1.165) is 4.90 Å². The molecule has 98 valence electrons. The Hall–Kier alpha value is -1.50. The van der Waals surface area contributed by atoms with Crippen molar-refractivity contribution in [2.24, 2.45) is 0 Å². The van der Waals surface area contributed by atoms with E-state index in [9.17, 15) is 18.0 Å². The summed E-state index contributed by atoms with van der Waals surface area (Å²) in [6.45, 7) is -1.56. The molecule has 18 heavy (non-hydrogen) atoms. The number of amides is 1. The summed E-state index contributed by atoms with van der Waals surface area (Å²) in [5.41, 5.74) is 0. The topological polar surface area (TPSA) is 36.4 Å². The van der Waals surface area contributed by atoms with Crippen LogP contribution in [0.4, 0.5) is 19.0 Å². The van der Waals surface area contributed by atoms with E-state index in [2.05, 4.69) is 4.98 Å². The molecule has 1 fully saturated rings. The van der Waals surface area contributed by atoms with Crippen LogP contribution in [0.3, 0.4) is 0 Å². The van der Waals surface area contributed by atoms with Crippen LogP contribution in [0.1, 0.15) is 0 Å². The number of carbonyl (C=O) groups excluding carboxylic acids is 1. The van der Waals surface area contributed by atoms with Crippen LogP contribution in [-0.2, 0) is 4.79 Å². The molecule has 2 rings (SSSR count). The first kappa shape index (κ1) is 12.9. The fourth-order valence-electron chi connectivity index (χ4n) is 1.70. The predicted molar refractivity (Wildman–Crippen MR) is 59.2 cm³/mol. The second-order valence-corrected chi connectivity index (χ2v) is 4.26. The van der Waals surface area contributed by atoms with Crippen LogP contribution in [0.5, 0.6) is 0 Å². The number of pyridine rings is 1. The van der Waals surface area contributed by atoms with Crippen molar-refractivity contribution in [3.05, 3.63) is 23.4 Å². The van der Waals surface area contributed by atoms with Gasteiger partial charge in [-0.15, -0.1) is 0 Å². The smallest absolute Gasteiger partial charge is 0.328 e. The maximum absolute atomic E-state index is 12.2. The number of nitrogens with zero attached hydrogens (tertiary/aromatic N) is 3. The van der Waals surface area contributed by atoms with Crippen LogP contribution in [-0.4, -0.2) is 41.7 Å². The van der Waals surface area contributed by atoms with Crippen molar-refractivity contribution in [1.29, 1.82) is 0 Å². The molecular weight excluding hydrogens is 271 g/mol. The van der Waals surface area contributed by atoms with Crippen molar-refractivity contribution >= 4 is 23.3 Å². The van der Waals surface area contributed by atoms with Gasteiger partial charge in [0.15, 0.2) is 0 Å². The standard InChI is InChI=1S/C10H9ClF3N3O/c11-7-2-1-3-15-9(7)16-4-8(18)17(6-16)5-10(12,13)14/h1-3H,4-6H2. The number of anilines is 1. The van der Waals surface area contributed by atoms with Gasteiger partial charge in [-0.05, 0) is 12.1 Å². The highest BCUT2D eigenvalue weighted by atomic mass is 35.5. The Morgan fingerprint density at radius 2 is 2.17 bits per heavy atom. The molecule has 8 heteroatoms.